The van der Waals surface area contributed by atoms with Crippen LogP contribution in [0, 0.1) is 0 Å². The fraction of sp³-hybridized carbons (Fsp3) is 0.375. The Balaban J connectivity index is 2.97. The number of hydrogen-bond acceptors (Lipinski definition) is 3. The third-order valence-corrected chi connectivity index (χ3v) is 1.83. The lowest BCUT2D eigenvalue weighted by molar-refractivity contribution is -0.137. The number of carboxylic acids is 2. The minimum atomic E-state index is -4.47. The van der Waals surface area contributed by atoms with E-state index in [0.717, 1.165) is 0 Å². The summed E-state index contributed by atoms with van der Waals surface area (Å²) in [5, 5.41) is 20.5. The maximum atomic E-state index is 11.9. The van der Waals surface area contributed by atoms with Gasteiger partial charge in [0.2, 0.25) is 0 Å². The van der Waals surface area contributed by atoms with E-state index in [2.05, 4.69) is 5.10 Å². The van der Waals surface area contributed by atoms with E-state index in [9.17, 15) is 22.8 Å². The van der Waals surface area contributed by atoms with Gasteiger partial charge in [-0.05, 0) is 0 Å². The van der Waals surface area contributed by atoms with Gasteiger partial charge in [0, 0.05) is 6.07 Å². The molecule has 0 unspecified atom stereocenters. The van der Waals surface area contributed by atoms with Crippen LogP contribution in [0.2, 0.25) is 0 Å². The molecule has 2 N–H and O–H groups in total. The summed E-state index contributed by atoms with van der Waals surface area (Å²) in [6, 6.07) is 0.709. The number of alkyl halides is 3. The fourth-order valence-corrected chi connectivity index (χ4v) is 1.10. The molecule has 0 bridgehead atoms. The van der Waals surface area contributed by atoms with Crippen LogP contribution >= 0.6 is 0 Å². The molecule has 0 fully saturated rings. The third-order valence-electron chi connectivity index (χ3n) is 1.83. The summed E-state index contributed by atoms with van der Waals surface area (Å²) in [5.41, 5.74) is -1.20. The molecule has 17 heavy (non-hydrogen) atoms. The van der Waals surface area contributed by atoms with Crippen molar-refractivity contribution >= 4 is 11.9 Å². The molecule has 1 rings (SSSR count). The second-order valence-corrected chi connectivity index (χ2v) is 3.11. The zero-order valence-electron chi connectivity index (χ0n) is 8.23. The molecule has 0 saturated carbocycles. The highest BCUT2D eigenvalue weighted by Gasteiger charge is 2.28. The smallest absolute Gasteiger partial charge is 0.390 e. The highest BCUT2D eigenvalue weighted by atomic mass is 19.4. The van der Waals surface area contributed by atoms with E-state index in [-0.39, 0.29) is 0 Å². The Bertz CT molecular complexity index is 452. The SMILES string of the molecule is O=C(O)c1cc(C(=O)O)n(CCC(F)(F)F)n1. The van der Waals surface area contributed by atoms with Crippen molar-refractivity contribution in [3.05, 3.63) is 17.5 Å². The van der Waals surface area contributed by atoms with Gasteiger partial charge in [0.25, 0.3) is 0 Å². The summed E-state index contributed by atoms with van der Waals surface area (Å²) in [4.78, 5) is 21.1. The monoisotopic (exact) mass is 252 g/mol. The zero-order chi connectivity index (χ0) is 13.2. The van der Waals surface area contributed by atoms with Crippen molar-refractivity contribution in [2.24, 2.45) is 0 Å². The van der Waals surface area contributed by atoms with Gasteiger partial charge in [0.15, 0.2) is 5.69 Å². The van der Waals surface area contributed by atoms with Gasteiger partial charge in [-0.2, -0.15) is 18.3 Å². The van der Waals surface area contributed by atoms with Gasteiger partial charge in [-0.3, -0.25) is 4.68 Å². The normalized spacial score (nSPS) is 11.5. The van der Waals surface area contributed by atoms with Crippen LogP contribution in [-0.4, -0.2) is 38.1 Å². The lowest BCUT2D eigenvalue weighted by atomic mass is 10.3. The number of aromatic carboxylic acids is 2. The first-order chi connectivity index (χ1) is 7.70. The first-order valence-corrected chi connectivity index (χ1v) is 4.32. The summed E-state index contributed by atoms with van der Waals surface area (Å²) >= 11 is 0. The van der Waals surface area contributed by atoms with Crippen molar-refractivity contribution in [2.75, 3.05) is 0 Å². The third kappa shape index (κ3) is 3.47. The fourth-order valence-electron chi connectivity index (χ4n) is 1.10. The van der Waals surface area contributed by atoms with E-state index in [1.807, 2.05) is 0 Å². The molecule has 0 aromatic carbocycles. The second kappa shape index (κ2) is 4.44. The van der Waals surface area contributed by atoms with E-state index < -0.39 is 42.5 Å². The lowest BCUT2D eigenvalue weighted by Gasteiger charge is -2.07. The van der Waals surface area contributed by atoms with Crippen molar-refractivity contribution in [3.63, 3.8) is 0 Å². The van der Waals surface area contributed by atoms with Gasteiger partial charge in [-0.15, -0.1) is 0 Å². The van der Waals surface area contributed by atoms with Crippen molar-refractivity contribution in [1.29, 1.82) is 0 Å². The average molecular weight is 252 g/mol. The van der Waals surface area contributed by atoms with Gasteiger partial charge < -0.3 is 10.2 Å². The van der Waals surface area contributed by atoms with Crippen molar-refractivity contribution < 1.29 is 33.0 Å². The van der Waals surface area contributed by atoms with E-state index in [1.165, 1.54) is 0 Å². The molecule has 9 heteroatoms. The van der Waals surface area contributed by atoms with Crippen LogP contribution in [0.1, 0.15) is 27.4 Å². The van der Waals surface area contributed by atoms with Gasteiger partial charge in [0.05, 0.1) is 13.0 Å². The molecule has 1 aromatic rings. The molecular weight excluding hydrogens is 245 g/mol. The number of nitrogens with zero attached hydrogens (tertiary/aromatic N) is 2. The van der Waals surface area contributed by atoms with E-state index in [4.69, 9.17) is 10.2 Å². The summed E-state index contributed by atoms with van der Waals surface area (Å²) in [5.74, 6) is -3.04. The Kier molecular flexibility index (Phi) is 3.39. The minimum absolute atomic E-state index is 0.513. The topological polar surface area (TPSA) is 92.4 Å². The van der Waals surface area contributed by atoms with Crippen molar-refractivity contribution in [2.45, 2.75) is 19.1 Å². The number of aryl methyl sites for hydroxylation is 1. The second-order valence-electron chi connectivity index (χ2n) is 3.11. The average Bonchev–Trinajstić information content (AvgIpc) is 2.57. The molecule has 0 radical (unpaired) electrons. The zero-order valence-corrected chi connectivity index (χ0v) is 8.23. The summed E-state index contributed by atoms with van der Waals surface area (Å²) in [6.45, 7) is -0.738. The van der Waals surface area contributed by atoms with Crippen molar-refractivity contribution in [3.8, 4) is 0 Å². The highest BCUT2D eigenvalue weighted by Crippen LogP contribution is 2.20. The molecule has 94 valence electrons. The van der Waals surface area contributed by atoms with Gasteiger partial charge >= 0.3 is 18.1 Å². The molecule has 0 aliphatic rings. The number of aromatic nitrogens is 2. The Morgan fingerprint density at radius 2 is 1.88 bits per heavy atom. The van der Waals surface area contributed by atoms with E-state index >= 15 is 0 Å². The quantitative estimate of drug-likeness (QED) is 0.840. The molecule has 0 aliphatic carbocycles. The van der Waals surface area contributed by atoms with Crippen LogP contribution in [0.4, 0.5) is 13.2 Å². The Hall–Kier alpha value is -2.06. The molecule has 0 spiro atoms. The van der Waals surface area contributed by atoms with Crippen LogP contribution in [-0.2, 0) is 6.54 Å². The predicted octanol–water partition coefficient (Wildman–Crippen LogP) is 1.23. The molecule has 1 heterocycles. The Morgan fingerprint density at radius 3 is 2.29 bits per heavy atom. The Morgan fingerprint density at radius 1 is 1.29 bits per heavy atom. The standard InChI is InChI=1S/C8H7F3N2O4/c9-8(10,11)1-2-13-5(7(16)17)3-4(12-13)6(14)15/h3H,1-2H2,(H,14,15)(H,16,17). The van der Waals surface area contributed by atoms with Crippen molar-refractivity contribution in [1.82, 2.24) is 9.78 Å². The molecule has 0 saturated heterocycles. The molecule has 1 aromatic heterocycles. The maximum absolute atomic E-state index is 11.9. The van der Waals surface area contributed by atoms with Crippen LogP contribution in [0.5, 0.6) is 0 Å². The number of halogens is 3. The first kappa shape index (κ1) is 13.0. The van der Waals surface area contributed by atoms with Gasteiger partial charge in [-0.1, -0.05) is 0 Å². The van der Waals surface area contributed by atoms with Gasteiger partial charge in [-0.25, -0.2) is 9.59 Å². The molecule has 0 amide bonds. The summed E-state index contributed by atoms with van der Waals surface area (Å²) < 4.78 is 36.3. The van der Waals surface area contributed by atoms with Crippen LogP contribution in [0.15, 0.2) is 6.07 Å². The first-order valence-electron chi connectivity index (χ1n) is 4.32. The Labute approximate surface area is 92.3 Å². The summed E-state index contributed by atoms with van der Waals surface area (Å²) in [6.07, 6.45) is -5.75. The molecule has 0 atom stereocenters. The van der Waals surface area contributed by atoms with Crippen LogP contribution in [0.25, 0.3) is 0 Å². The lowest BCUT2D eigenvalue weighted by Crippen LogP contribution is -2.16. The van der Waals surface area contributed by atoms with E-state index in [1.54, 1.807) is 0 Å². The van der Waals surface area contributed by atoms with Crippen LogP contribution < -0.4 is 0 Å². The maximum Gasteiger partial charge on any atom is 0.390 e. The molecular formula is C8H7F3N2O4. The number of carboxylic acid groups (broad SMARTS) is 2. The molecule has 0 aliphatic heterocycles. The highest BCUT2D eigenvalue weighted by molar-refractivity contribution is 5.91. The number of carbonyl (C=O) groups is 2. The van der Waals surface area contributed by atoms with Gasteiger partial charge in [0.1, 0.15) is 5.69 Å². The number of rotatable bonds is 4. The number of hydrogen-bond donors (Lipinski definition) is 2. The van der Waals surface area contributed by atoms with E-state index in [0.29, 0.717) is 10.7 Å². The minimum Gasteiger partial charge on any atom is -0.477 e. The molecule has 6 nitrogen and oxygen atoms in total. The largest absolute Gasteiger partial charge is 0.477 e. The summed E-state index contributed by atoms with van der Waals surface area (Å²) in [7, 11) is 0. The van der Waals surface area contributed by atoms with Crippen LogP contribution in [0.3, 0.4) is 0 Å². The predicted molar refractivity (Wildman–Crippen MR) is 46.8 cm³/mol.